The van der Waals surface area contributed by atoms with E-state index >= 15 is 0 Å². The molecule has 1 rings (SSSR count). The van der Waals surface area contributed by atoms with Gasteiger partial charge in [0.25, 0.3) is 0 Å². The zero-order valence-electron chi connectivity index (χ0n) is 25.6. The first kappa shape index (κ1) is 29.7. The summed E-state index contributed by atoms with van der Waals surface area (Å²) >= 11 is 0. The van der Waals surface area contributed by atoms with Gasteiger partial charge in [-0.05, 0) is 37.9 Å². The van der Waals surface area contributed by atoms with E-state index in [-0.39, 0.29) is 43.3 Å². The first-order valence-electron chi connectivity index (χ1n) is 12.9. The molecule has 1 nitrogen and oxygen atoms in total. The highest BCUT2D eigenvalue weighted by molar-refractivity contribution is 5.39. The van der Waals surface area contributed by atoms with Crippen LogP contribution in [-0.4, -0.2) is 10.7 Å². The van der Waals surface area contributed by atoms with Gasteiger partial charge in [0.15, 0.2) is 0 Å². The minimum Gasteiger partial charge on any atom is -0.385 e. The summed E-state index contributed by atoms with van der Waals surface area (Å²) in [5.74, 6) is 0. The summed E-state index contributed by atoms with van der Waals surface area (Å²) < 4.78 is 0. The molecular formula is C31H60O. The molecule has 0 radical (unpaired) electrons. The van der Waals surface area contributed by atoms with Crippen LogP contribution in [0.5, 0.6) is 0 Å². The van der Waals surface area contributed by atoms with Crippen LogP contribution in [0.3, 0.4) is 0 Å². The van der Waals surface area contributed by atoms with Crippen LogP contribution in [0.1, 0.15) is 132 Å². The third-order valence-corrected chi connectivity index (χ3v) is 9.94. The fourth-order valence-corrected chi connectivity index (χ4v) is 10.1. The van der Waals surface area contributed by atoms with Crippen molar-refractivity contribution in [3.63, 3.8) is 0 Å². The lowest BCUT2D eigenvalue weighted by atomic mass is 9.22. The molecular weight excluding hydrogens is 388 g/mol. The Morgan fingerprint density at radius 1 is 0.438 bits per heavy atom. The lowest BCUT2D eigenvalue weighted by Gasteiger charge is -2.82. The van der Waals surface area contributed by atoms with Gasteiger partial charge in [-0.2, -0.15) is 0 Å². The highest BCUT2D eigenvalue weighted by Crippen LogP contribution is 2.84. The highest BCUT2D eigenvalue weighted by atomic mass is 16.3. The van der Waals surface area contributed by atoms with Crippen molar-refractivity contribution >= 4 is 0 Å². The van der Waals surface area contributed by atoms with E-state index in [9.17, 15) is 5.11 Å². The lowest BCUT2D eigenvalue weighted by Crippen LogP contribution is -2.81. The third kappa shape index (κ3) is 3.18. The maximum atomic E-state index is 13.2. The van der Waals surface area contributed by atoms with Gasteiger partial charge >= 0.3 is 0 Å². The van der Waals surface area contributed by atoms with Crippen LogP contribution in [0, 0.1) is 48.7 Å². The molecule has 1 N–H and O–H groups in total. The van der Waals surface area contributed by atoms with Crippen molar-refractivity contribution in [1.29, 1.82) is 0 Å². The van der Waals surface area contributed by atoms with Gasteiger partial charge in [-0.25, -0.2) is 0 Å². The van der Waals surface area contributed by atoms with Crippen molar-refractivity contribution in [2.75, 3.05) is 0 Å². The molecule has 1 aliphatic rings. The maximum absolute atomic E-state index is 13.2. The van der Waals surface area contributed by atoms with Crippen LogP contribution in [0.4, 0.5) is 0 Å². The average molecular weight is 449 g/mol. The molecule has 0 aromatic carbocycles. The first-order valence-corrected chi connectivity index (χ1v) is 12.9. The predicted octanol–water partition coefficient (Wildman–Crippen LogP) is 9.54. The topological polar surface area (TPSA) is 20.2 Å². The second-order valence-corrected chi connectivity index (χ2v) is 17.3. The van der Waals surface area contributed by atoms with Gasteiger partial charge in [0.1, 0.15) is 0 Å². The molecule has 0 saturated carbocycles. The van der Waals surface area contributed by atoms with Gasteiger partial charge in [-0.1, -0.05) is 144 Å². The van der Waals surface area contributed by atoms with Crippen molar-refractivity contribution < 1.29 is 5.11 Å². The number of allylic oxidation sites excluding steroid dienone is 1. The van der Waals surface area contributed by atoms with Gasteiger partial charge in [0.05, 0.1) is 5.60 Å². The van der Waals surface area contributed by atoms with Crippen LogP contribution in [0.15, 0.2) is 12.2 Å². The van der Waals surface area contributed by atoms with E-state index in [0.29, 0.717) is 0 Å². The fourth-order valence-electron chi connectivity index (χ4n) is 10.1. The number of hydrogen-bond donors (Lipinski definition) is 1. The SMILES string of the molecule is CC(C)(C)C1(O)C=CC(C(C)(C)C)(C(C)(C)C)C(C)(C(C)(C)C)C1(C(C)(C)C)C(C)(C)C. The molecule has 32 heavy (non-hydrogen) atoms. The lowest BCUT2D eigenvalue weighted by molar-refractivity contribution is -0.355. The summed E-state index contributed by atoms with van der Waals surface area (Å²) in [4.78, 5) is 0. The molecule has 0 bridgehead atoms. The summed E-state index contributed by atoms with van der Waals surface area (Å²) in [5.41, 5.74) is -2.72. The van der Waals surface area contributed by atoms with Crippen molar-refractivity contribution in [2.45, 2.75) is 137 Å². The van der Waals surface area contributed by atoms with Gasteiger partial charge < -0.3 is 5.11 Å². The minimum absolute atomic E-state index is 0.0231. The third-order valence-electron chi connectivity index (χ3n) is 9.94. The van der Waals surface area contributed by atoms with Crippen LogP contribution < -0.4 is 0 Å². The smallest absolute Gasteiger partial charge is 0.0947 e. The summed E-state index contributed by atoms with van der Waals surface area (Å²) in [6, 6.07) is 0. The Hall–Kier alpha value is -0.300. The number of rotatable bonds is 0. The van der Waals surface area contributed by atoms with E-state index in [1.807, 2.05) is 0 Å². The highest BCUT2D eigenvalue weighted by Gasteiger charge is 2.82. The fraction of sp³-hybridized carbons (Fsp3) is 0.935. The number of hydrogen-bond acceptors (Lipinski definition) is 1. The molecule has 190 valence electrons. The Balaban J connectivity index is 4.84. The van der Waals surface area contributed by atoms with Gasteiger partial charge in [0.2, 0.25) is 0 Å². The molecule has 0 aliphatic heterocycles. The quantitative estimate of drug-likeness (QED) is 0.366. The Morgan fingerprint density at radius 2 is 0.750 bits per heavy atom. The summed E-state index contributed by atoms with van der Waals surface area (Å²) in [6.45, 7) is 45.3. The molecule has 0 aromatic rings. The predicted molar refractivity (Wildman–Crippen MR) is 144 cm³/mol. The molecule has 1 heteroatoms. The van der Waals surface area contributed by atoms with Gasteiger partial charge in [-0.3, -0.25) is 0 Å². The van der Waals surface area contributed by atoms with E-state index in [2.05, 4.69) is 144 Å². The zero-order chi connectivity index (χ0) is 26.4. The van der Waals surface area contributed by atoms with E-state index in [0.717, 1.165) is 0 Å². The summed E-state index contributed by atoms with van der Waals surface area (Å²) in [7, 11) is 0. The summed E-state index contributed by atoms with van der Waals surface area (Å²) in [6.07, 6.45) is 4.73. The molecule has 2 atom stereocenters. The average Bonchev–Trinajstić information content (AvgIpc) is 2.38. The Kier molecular flexibility index (Phi) is 6.61. The molecule has 0 aromatic heterocycles. The normalized spacial score (nSPS) is 29.9. The second kappa shape index (κ2) is 7.11. The van der Waals surface area contributed by atoms with Gasteiger partial charge in [0, 0.05) is 10.8 Å². The molecule has 2 unspecified atom stereocenters. The van der Waals surface area contributed by atoms with Crippen molar-refractivity contribution in [1.82, 2.24) is 0 Å². The van der Waals surface area contributed by atoms with Crippen molar-refractivity contribution in [3.05, 3.63) is 12.2 Å². The molecule has 0 fully saturated rings. The van der Waals surface area contributed by atoms with Crippen molar-refractivity contribution in [2.24, 2.45) is 48.7 Å². The largest absolute Gasteiger partial charge is 0.385 e. The van der Waals surface area contributed by atoms with E-state index in [1.54, 1.807) is 0 Å². The Morgan fingerprint density at radius 3 is 0.938 bits per heavy atom. The van der Waals surface area contributed by atoms with E-state index < -0.39 is 11.0 Å². The molecule has 0 amide bonds. The molecule has 0 spiro atoms. The summed E-state index contributed by atoms with van der Waals surface area (Å²) in [5, 5.41) is 13.2. The number of aliphatic hydroxyl groups is 1. The van der Waals surface area contributed by atoms with Gasteiger partial charge in [-0.15, -0.1) is 0 Å². The molecule has 0 saturated heterocycles. The Labute approximate surface area is 203 Å². The zero-order valence-corrected chi connectivity index (χ0v) is 25.6. The monoisotopic (exact) mass is 448 g/mol. The van der Waals surface area contributed by atoms with Crippen LogP contribution >= 0.6 is 0 Å². The molecule has 1 aliphatic carbocycles. The second-order valence-electron chi connectivity index (χ2n) is 17.3. The van der Waals surface area contributed by atoms with Crippen LogP contribution in [0.2, 0.25) is 0 Å². The molecule has 0 heterocycles. The van der Waals surface area contributed by atoms with E-state index in [4.69, 9.17) is 0 Å². The minimum atomic E-state index is -1.00. The van der Waals surface area contributed by atoms with E-state index in [1.165, 1.54) is 0 Å². The standard InChI is InChI=1S/C31H60O/c1-22(2,3)28(19)29(23(4,5)6,24(7,8)9)20-21-30(32,25(10,11)12)31(28,26(13,14)15)27(16,17)18/h20-21,32H,1-19H3. The van der Waals surface area contributed by atoms with Crippen LogP contribution in [-0.2, 0) is 0 Å². The van der Waals surface area contributed by atoms with Crippen LogP contribution in [0.25, 0.3) is 0 Å². The maximum Gasteiger partial charge on any atom is 0.0947 e. The first-order chi connectivity index (χ1) is 13.5. The Bertz CT molecular complexity index is 696. The van der Waals surface area contributed by atoms with Crippen molar-refractivity contribution in [3.8, 4) is 0 Å².